The number of piperidine rings is 3. The average molecular weight is 383 g/mol. The van der Waals surface area contributed by atoms with E-state index < -0.39 is 0 Å². The van der Waals surface area contributed by atoms with E-state index in [1.807, 2.05) is 11.6 Å². The third kappa shape index (κ3) is 3.22. The zero-order chi connectivity index (χ0) is 19.3. The first-order valence-electron chi connectivity index (χ1n) is 11.4. The topological polar surface area (TPSA) is 41.4 Å². The standard InChI is InChI=1S/C23H34N4O/c1-16-12-17(2)27(24-16)11-8-22(28)26-10-5-6-18-13-19-14-20(23(18)26)15-25-9-4-3-7-21(19)25/h12-13,19-21,23H,3-11,14-15H2,1-2H3/t19-,20-,21+,23+/m0/s1. The summed E-state index contributed by atoms with van der Waals surface area (Å²) < 4.78 is 1.99. The first-order valence-corrected chi connectivity index (χ1v) is 11.4. The molecule has 1 amide bonds. The van der Waals surface area contributed by atoms with E-state index in [4.69, 9.17) is 0 Å². The number of fused-ring (bicyclic) bond motifs is 6. The van der Waals surface area contributed by atoms with Crippen LogP contribution in [0.5, 0.6) is 0 Å². The number of carbonyl (C=O) groups excluding carboxylic acids is 1. The molecule has 0 unspecified atom stereocenters. The molecule has 0 saturated carbocycles. The predicted molar refractivity (Wildman–Crippen MR) is 110 cm³/mol. The monoisotopic (exact) mass is 382 g/mol. The van der Waals surface area contributed by atoms with E-state index in [2.05, 4.69) is 34.0 Å². The number of hydrogen-bond donors (Lipinski definition) is 0. The number of likely N-dealkylation sites (tertiary alicyclic amines) is 1. The second-order valence-electron chi connectivity index (χ2n) is 9.50. The molecule has 0 aromatic carbocycles. The van der Waals surface area contributed by atoms with E-state index in [9.17, 15) is 4.79 Å². The van der Waals surface area contributed by atoms with Crippen LogP contribution in [0.1, 0.15) is 56.3 Å². The lowest BCUT2D eigenvalue weighted by atomic mass is 9.68. The van der Waals surface area contributed by atoms with Gasteiger partial charge < -0.3 is 4.90 Å². The van der Waals surface area contributed by atoms with Crippen molar-refractivity contribution in [3.05, 3.63) is 29.1 Å². The maximum absolute atomic E-state index is 13.2. The maximum Gasteiger partial charge on any atom is 0.224 e. The van der Waals surface area contributed by atoms with Crippen molar-refractivity contribution in [2.75, 3.05) is 19.6 Å². The van der Waals surface area contributed by atoms with Gasteiger partial charge in [0, 0.05) is 37.8 Å². The van der Waals surface area contributed by atoms with Crippen LogP contribution in [-0.4, -0.2) is 57.2 Å². The van der Waals surface area contributed by atoms with Gasteiger partial charge in [-0.3, -0.25) is 14.4 Å². The first kappa shape index (κ1) is 18.4. The Bertz CT molecular complexity index is 782. The van der Waals surface area contributed by atoms with E-state index in [0.717, 1.165) is 36.3 Å². The average Bonchev–Trinajstić information content (AvgIpc) is 3.03. The van der Waals surface area contributed by atoms with Gasteiger partial charge in [0.1, 0.15) is 0 Å². The highest BCUT2D eigenvalue weighted by Gasteiger charge is 2.46. The molecule has 4 atom stereocenters. The van der Waals surface area contributed by atoms with Crippen molar-refractivity contribution in [2.45, 2.75) is 77.4 Å². The Morgan fingerprint density at radius 3 is 2.93 bits per heavy atom. The van der Waals surface area contributed by atoms with Crippen molar-refractivity contribution < 1.29 is 4.79 Å². The fraction of sp³-hybridized carbons (Fsp3) is 0.739. The molecule has 5 heteroatoms. The molecule has 1 aliphatic carbocycles. The molecule has 4 heterocycles. The highest BCUT2D eigenvalue weighted by molar-refractivity contribution is 5.77. The maximum atomic E-state index is 13.2. The summed E-state index contributed by atoms with van der Waals surface area (Å²) in [6.45, 7) is 8.18. The SMILES string of the molecule is Cc1cc(C)n(CCC(=O)N2CCCC3=C[C@H]4C[C@@H](CN5CCCC[C@H]45)[C@@H]32)n1. The van der Waals surface area contributed by atoms with Crippen molar-refractivity contribution >= 4 is 5.91 Å². The Balaban J connectivity index is 1.32. The smallest absolute Gasteiger partial charge is 0.224 e. The Morgan fingerprint density at radius 2 is 2.11 bits per heavy atom. The van der Waals surface area contributed by atoms with Gasteiger partial charge in [0.05, 0.1) is 11.7 Å². The molecule has 5 nitrogen and oxygen atoms in total. The lowest BCUT2D eigenvalue weighted by Gasteiger charge is -2.54. The molecule has 0 spiro atoms. The number of carbonyl (C=O) groups is 1. The summed E-state index contributed by atoms with van der Waals surface area (Å²) in [5, 5.41) is 4.53. The van der Waals surface area contributed by atoms with Gasteiger partial charge in [-0.1, -0.05) is 18.1 Å². The molecule has 4 aliphatic rings. The van der Waals surface area contributed by atoms with Crippen LogP contribution in [0.15, 0.2) is 17.7 Å². The summed E-state index contributed by atoms with van der Waals surface area (Å²) in [7, 11) is 0. The number of aryl methyl sites for hydroxylation is 3. The number of nitrogens with zero attached hydrogens (tertiary/aromatic N) is 4. The van der Waals surface area contributed by atoms with Crippen LogP contribution in [0.2, 0.25) is 0 Å². The van der Waals surface area contributed by atoms with Gasteiger partial charge in [0.2, 0.25) is 5.91 Å². The lowest BCUT2D eigenvalue weighted by molar-refractivity contribution is -0.136. The molecular weight excluding hydrogens is 348 g/mol. The fourth-order valence-electron chi connectivity index (χ4n) is 6.50. The van der Waals surface area contributed by atoms with Gasteiger partial charge in [0.25, 0.3) is 0 Å². The molecule has 0 N–H and O–H groups in total. The Morgan fingerprint density at radius 1 is 1.21 bits per heavy atom. The third-order valence-electron chi connectivity index (χ3n) is 7.62. The second-order valence-corrected chi connectivity index (χ2v) is 9.50. The molecule has 5 rings (SSSR count). The van der Waals surface area contributed by atoms with Gasteiger partial charge in [-0.2, -0.15) is 5.10 Å². The van der Waals surface area contributed by atoms with Gasteiger partial charge in [-0.15, -0.1) is 0 Å². The van der Waals surface area contributed by atoms with E-state index in [-0.39, 0.29) is 0 Å². The van der Waals surface area contributed by atoms with Crippen molar-refractivity contribution in [3.63, 3.8) is 0 Å². The van der Waals surface area contributed by atoms with Crippen molar-refractivity contribution in [2.24, 2.45) is 11.8 Å². The fourth-order valence-corrected chi connectivity index (χ4v) is 6.50. The van der Waals surface area contributed by atoms with Gasteiger partial charge >= 0.3 is 0 Å². The van der Waals surface area contributed by atoms with Crippen LogP contribution in [0, 0.1) is 25.7 Å². The minimum absolute atomic E-state index is 0.322. The molecule has 3 saturated heterocycles. The van der Waals surface area contributed by atoms with E-state index in [1.165, 1.54) is 45.2 Å². The summed E-state index contributed by atoms with van der Waals surface area (Å²) in [5.74, 6) is 1.69. The molecule has 28 heavy (non-hydrogen) atoms. The number of rotatable bonds is 3. The van der Waals surface area contributed by atoms with Crippen molar-refractivity contribution in [3.8, 4) is 0 Å². The summed E-state index contributed by atoms with van der Waals surface area (Å²) >= 11 is 0. The highest BCUT2D eigenvalue weighted by Crippen LogP contribution is 2.45. The molecule has 1 aromatic rings. The van der Waals surface area contributed by atoms with Crippen molar-refractivity contribution in [1.82, 2.24) is 19.6 Å². The van der Waals surface area contributed by atoms with Crippen LogP contribution in [0.3, 0.4) is 0 Å². The molecule has 152 valence electrons. The summed E-state index contributed by atoms with van der Waals surface area (Å²) in [6, 6.07) is 3.22. The zero-order valence-electron chi connectivity index (χ0n) is 17.4. The molecular formula is C23H34N4O. The molecule has 3 aliphatic heterocycles. The Hall–Kier alpha value is -1.62. The third-order valence-corrected chi connectivity index (χ3v) is 7.62. The minimum Gasteiger partial charge on any atom is -0.336 e. The number of aromatic nitrogens is 2. The summed E-state index contributed by atoms with van der Waals surface area (Å²) in [6.07, 6.45) is 10.9. The minimum atomic E-state index is 0.322. The predicted octanol–water partition coefficient (Wildman–Crippen LogP) is 3.31. The van der Waals surface area contributed by atoms with Crippen LogP contribution in [0.25, 0.3) is 0 Å². The van der Waals surface area contributed by atoms with Crippen LogP contribution < -0.4 is 0 Å². The van der Waals surface area contributed by atoms with Crippen molar-refractivity contribution in [1.29, 1.82) is 0 Å². The lowest BCUT2D eigenvalue weighted by Crippen LogP contribution is -2.60. The summed E-state index contributed by atoms with van der Waals surface area (Å²) in [5.41, 5.74) is 3.76. The molecule has 0 radical (unpaired) electrons. The largest absolute Gasteiger partial charge is 0.336 e. The first-order chi connectivity index (χ1) is 13.6. The normalized spacial score (nSPS) is 32.5. The number of hydrogen-bond acceptors (Lipinski definition) is 3. The van der Waals surface area contributed by atoms with Gasteiger partial charge in [0.15, 0.2) is 0 Å². The number of amides is 1. The van der Waals surface area contributed by atoms with E-state index in [0.29, 0.717) is 30.8 Å². The van der Waals surface area contributed by atoms with E-state index in [1.54, 1.807) is 5.57 Å². The molecule has 2 bridgehead atoms. The van der Waals surface area contributed by atoms with Gasteiger partial charge in [-0.05, 0) is 70.4 Å². The van der Waals surface area contributed by atoms with Crippen LogP contribution >= 0.6 is 0 Å². The summed E-state index contributed by atoms with van der Waals surface area (Å²) in [4.78, 5) is 18.2. The Labute approximate surface area is 168 Å². The highest BCUT2D eigenvalue weighted by atomic mass is 16.2. The van der Waals surface area contributed by atoms with E-state index >= 15 is 0 Å². The zero-order valence-corrected chi connectivity index (χ0v) is 17.4. The Kier molecular flexibility index (Phi) is 4.82. The van der Waals surface area contributed by atoms with Crippen LogP contribution in [0.4, 0.5) is 0 Å². The molecule has 3 fully saturated rings. The van der Waals surface area contributed by atoms with Crippen LogP contribution in [-0.2, 0) is 11.3 Å². The quantitative estimate of drug-likeness (QED) is 0.753. The van der Waals surface area contributed by atoms with Gasteiger partial charge in [-0.25, -0.2) is 0 Å². The molecule has 1 aromatic heterocycles. The second kappa shape index (κ2) is 7.33.